The van der Waals surface area contributed by atoms with Gasteiger partial charge in [0.2, 0.25) is 0 Å². The van der Waals surface area contributed by atoms with E-state index in [1.54, 1.807) is 23.1 Å². The number of rotatable bonds is 3. The Morgan fingerprint density at radius 1 is 1.15 bits per heavy atom. The molecule has 2 heterocycles. The van der Waals surface area contributed by atoms with Crippen LogP contribution in [0.4, 0.5) is 0 Å². The maximum absolute atomic E-state index is 12.8. The van der Waals surface area contributed by atoms with Gasteiger partial charge in [-0.1, -0.05) is 36.4 Å². The number of aromatic carboxylic acids is 1. The molecule has 0 radical (unpaired) electrons. The fraction of sp³-hybridized carbons (Fsp3) is 0.238. The van der Waals surface area contributed by atoms with Crippen molar-refractivity contribution in [2.24, 2.45) is 0 Å². The number of para-hydroxylation sites is 1. The number of likely N-dealkylation sites (tertiary alicyclic amines) is 1. The average molecular weight is 349 g/mol. The van der Waals surface area contributed by atoms with E-state index < -0.39 is 5.97 Å². The zero-order chi connectivity index (χ0) is 18.3. The summed E-state index contributed by atoms with van der Waals surface area (Å²) in [7, 11) is 0. The van der Waals surface area contributed by atoms with Crippen LogP contribution in [0.2, 0.25) is 0 Å². The number of carboxylic acid groups (broad SMARTS) is 1. The van der Waals surface area contributed by atoms with Crippen LogP contribution in [0.5, 0.6) is 0 Å². The highest BCUT2D eigenvalue weighted by molar-refractivity contribution is 5.97. The van der Waals surface area contributed by atoms with E-state index in [-0.39, 0.29) is 11.8 Å². The molecule has 1 aromatic heterocycles. The number of aryl methyl sites for hydroxylation is 1. The lowest BCUT2D eigenvalue weighted by Gasteiger charge is -2.16. The molecule has 1 N–H and O–H groups in total. The van der Waals surface area contributed by atoms with E-state index in [9.17, 15) is 14.7 Å². The third-order valence-electron chi connectivity index (χ3n) is 5.06. The van der Waals surface area contributed by atoms with E-state index in [1.807, 2.05) is 37.3 Å². The highest BCUT2D eigenvalue weighted by Gasteiger charge is 2.31. The second-order valence-corrected chi connectivity index (χ2v) is 6.73. The Balaban J connectivity index is 1.57. The summed E-state index contributed by atoms with van der Waals surface area (Å²) in [5, 5.41) is 10.3. The van der Waals surface area contributed by atoms with Crippen LogP contribution in [0.3, 0.4) is 0 Å². The Kier molecular flexibility index (Phi) is 3.99. The van der Waals surface area contributed by atoms with Crippen molar-refractivity contribution in [3.63, 3.8) is 0 Å². The number of carbonyl (C=O) groups is 2. The Labute approximate surface area is 150 Å². The van der Waals surface area contributed by atoms with Crippen molar-refractivity contribution in [2.45, 2.75) is 19.3 Å². The molecule has 3 aromatic rings. The lowest BCUT2D eigenvalue weighted by molar-refractivity contribution is 0.0695. The first-order valence-corrected chi connectivity index (χ1v) is 8.65. The standard InChI is InChI=1S/C21H19NO4/c1-13-5-4-6-14-11-18(26-19(13)14)20(23)22-10-9-15(12-22)16-7-2-3-8-17(16)21(24)25/h2-8,11,15H,9-10,12H2,1H3,(H,24,25)/t15-/m0/s1. The lowest BCUT2D eigenvalue weighted by Crippen LogP contribution is -2.28. The molecule has 0 bridgehead atoms. The van der Waals surface area contributed by atoms with Crippen LogP contribution in [0.15, 0.2) is 52.9 Å². The molecule has 0 aliphatic carbocycles. The van der Waals surface area contributed by atoms with Gasteiger partial charge in [0.05, 0.1) is 5.56 Å². The Morgan fingerprint density at radius 2 is 1.96 bits per heavy atom. The number of furan rings is 1. The van der Waals surface area contributed by atoms with Gasteiger partial charge in [0.15, 0.2) is 5.76 Å². The van der Waals surface area contributed by atoms with Crippen LogP contribution >= 0.6 is 0 Å². The molecule has 0 saturated carbocycles. The predicted molar refractivity (Wildman–Crippen MR) is 97.6 cm³/mol. The first-order chi connectivity index (χ1) is 12.5. The van der Waals surface area contributed by atoms with Crippen LogP contribution in [-0.4, -0.2) is 35.0 Å². The summed E-state index contributed by atoms with van der Waals surface area (Å²) in [5.41, 5.74) is 2.83. The quantitative estimate of drug-likeness (QED) is 0.774. The Hall–Kier alpha value is -3.08. The number of hydrogen-bond donors (Lipinski definition) is 1. The van der Waals surface area contributed by atoms with Gasteiger partial charge in [-0.25, -0.2) is 4.79 Å². The molecule has 1 aliphatic heterocycles. The van der Waals surface area contributed by atoms with Crippen molar-refractivity contribution in [2.75, 3.05) is 13.1 Å². The van der Waals surface area contributed by atoms with Crippen molar-refractivity contribution in [3.8, 4) is 0 Å². The summed E-state index contributed by atoms with van der Waals surface area (Å²) in [6, 6.07) is 14.6. The molecule has 132 valence electrons. The van der Waals surface area contributed by atoms with E-state index in [1.165, 1.54) is 0 Å². The number of hydrogen-bond acceptors (Lipinski definition) is 3. The predicted octanol–water partition coefficient (Wildman–Crippen LogP) is 4.07. The minimum atomic E-state index is -0.932. The van der Waals surface area contributed by atoms with Gasteiger partial charge in [-0.2, -0.15) is 0 Å². The summed E-state index contributed by atoms with van der Waals surface area (Å²) in [6.07, 6.45) is 0.745. The summed E-state index contributed by atoms with van der Waals surface area (Å²) < 4.78 is 5.79. The van der Waals surface area contributed by atoms with Crippen molar-refractivity contribution in [1.29, 1.82) is 0 Å². The maximum atomic E-state index is 12.8. The number of fused-ring (bicyclic) bond motifs is 1. The zero-order valence-corrected chi connectivity index (χ0v) is 14.4. The van der Waals surface area contributed by atoms with E-state index in [0.717, 1.165) is 28.5 Å². The van der Waals surface area contributed by atoms with Crippen molar-refractivity contribution in [1.82, 2.24) is 4.90 Å². The minimum Gasteiger partial charge on any atom is -0.478 e. The third-order valence-corrected chi connectivity index (χ3v) is 5.06. The molecule has 1 amide bonds. The smallest absolute Gasteiger partial charge is 0.335 e. The molecular weight excluding hydrogens is 330 g/mol. The van der Waals surface area contributed by atoms with Crippen molar-refractivity contribution < 1.29 is 19.1 Å². The fourth-order valence-corrected chi connectivity index (χ4v) is 3.72. The normalized spacial score (nSPS) is 17.0. The topological polar surface area (TPSA) is 70.8 Å². The summed E-state index contributed by atoms with van der Waals surface area (Å²) in [5.74, 6) is -0.715. The molecular formula is C21H19NO4. The van der Waals surface area contributed by atoms with Crippen LogP contribution in [0, 0.1) is 6.92 Å². The van der Waals surface area contributed by atoms with Gasteiger partial charge in [-0.3, -0.25) is 4.79 Å². The molecule has 1 aliphatic rings. The summed E-state index contributed by atoms with van der Waals surface area (Å²) in [4.78, 5) is 26.0. The van der Waals surface area contributed by atoms with Gasteiger partial charge in [0.25, 0.3) is 5.91 Å². The van der Waals surface area contributed by atoms with Crippen LogP contribution in [0.25, 0.3) is 11.0 Å². The van der Waals surface area contributed by atoms with Gasteiger partial charge >= 0.3 is 5.97 Å². The second kappa shape index (κ2) is 6.33. The zero-order valence-electron chi connectivity index (χ0n) is 14.4. The second-order valence-electron chi connectivity index (χ2n) is 6.73. The molecule has 5 heteroatoms. The van der Waals surface area contributed by atoms with Gasteiger partial charge < -0.3 is 14.4 Å². The molecule has 2 aromatic carbocycles. The molecule has 26 heavy (non-hydrogen) atoms. The van der Waals surface area contributed by atoms with E-state index in [0.29, 0.717) is 24.4 Å². The van der Waals surface area contributed by atoms with Crippen molar-refractivity contribution in [3.05, 3.63) is 71.0 Å². The monoisotopic (exact) mass is 349 g/mol. The maximum Gasteiger partial charge on any atom is 0.335 e. The summed E-state index contributed by atoms with van der Waals surface area (Å²) in [6.45, 7) is 3.04. The largest absolute Gasteiger partial charge is 0.478 e. The number of nitrogens with zero attached hydrogens (tertiary/aromatic N) is 1. The number of amides is 1. The van der Waals surface area contributed by atoms with Crippen LogP contribution in [-0.2, 0) is 0 Å². The van der Waals surface area contributed by atoms with Gasteiger partial charge in [0, 0.05) is 24.4 Å². The van der Waals surface area contributed by atoms with Gasteiger partial charge in [-0.15, -0.1) is 0 Å². The van der Waals surface area contributed by atoms with Crippen molar-refractivity contribution >= 4 is 22.8 Å². The van der Waals surface area contributed by atoms with E-state index in [4.69, 9.17) is 4.42 Å². The fourth-order valence-electron chi connectivity index (χ4n) is 3.72. The van der Waals surface area contributed by atoms with Gasteiger partial charge in [-0.05, 0) is 36.6 Å². The van der Waals surface area contributed by atoms with Crippen LogP contribution in [0.1, 0.15) is 44.4 Å². The number of benzene rings is 2. The molecule has 1 atom stereocenters. The first-order valence-electron chi connectivity index (χ1n) is 8.65. The first kappa shape index (κ1) is 16.4. The third kappa shape index (κ3) is 2.75. The van der Waals surface area contributed by atoms with Gasteiger partial charge in [0.1, 0.15) is 5.58 Å². The molecule has 0 unspecified atom stereocenters. The minimum absolute atomic E-state index is 0.0253. The molecule has 0 spiro atoms. The molecule has 5 nitrogen and oxygen atoms in total. The lowest BCUT2D eigenvalue weighted by atomic mass is 9.93. The Bertz CT molecular complexity index is 1000. The summed E-state index contributed by atoms with van der Waals surface area (Å²) >= 11 is 0. The highest BCUT2D eigenvalue weighted by atomic mass is 16.4. The van der Waals surface area contributed by atoms with E-state index >= 15 is 0 Å². The highest BCUT2D eigenvalue weighted by Crippen LogP contribution is 2.31. The number of carbonyl (C=O) groups excluding carboxylic acids is 1. The Morgan fingerprint density at radius 3 is 2.73 bits per heavy atom. The molecule has 4 rings (SSSR count). The SMILES string of the molecule is Cc1cccc2cc(C(=O)N3CC[C@H](c4ccccc4C(=O)O)C3)oc12. The molecule has 1 saturated heterocycles. The van der Waals surface area contributed by atoms with E-state index in [2.05, 4.69) is 0 Å². The van der Waals surface area contributed by atoms with Crippen LogP contribution < -0.4 is 0 Å². The average Bonchev–Trinajstić information content (AvgIpc) is 3.29. The molecule has 1 fully saturated rings. The number of carboxylic acids is 1.